The van der Waals surface area contributed by atoms with E-state index in [0.29, 0.717) is 0 Å². The molecule has 0 aromatic heterocycles. The second kappa shape index (κ2) is 7.47. The molecular formula is C36H44. The monoisotopic (exact) mass is 476 g/mol. The van der Waals surface area contributed by atoms with Crippen molar-refractivity contribution in [2.24, 2.45) is 0 Å². The van der Waals surface area contributed by atoms with Crippen LogP contribution in [0.1, 0.15) is 105 Å². The zero-order valence-electron chi connectivity index (χ0n) is 24.6. The number of benzene rings is 5. The minimum Gasteiger partial charge on any atom is -0.0572 e. The summed E-state index contributed by atoms with van der Waals surface area (Å²) in [5.41, 5.74) is 5.97. The molecule has 5 rings (SSSR count). The molecule has 0 heteroatoms. The van der Waals surface area contributed by atoms with Gasteiger partial charge in [-0.1, -0.05) is 113 Å². The van der Waals surface area contributed by atoms with Gasteiger partial charge in [0.25, 0.3) is 0 Å². The summed E-state index contributed by atoms with van der Waals surface area (Å²) >= 11 is 0. The van der Waals surface area contributed by atoms with Crippen LogP contribution >= 0.6 is 0 Å². The summed E-state index contributed by atoms with van der Waals surface area (Å²) in [5, 5.41) is 11.3. The molecule has 0 atom stereocenters. The number of fused-ring (bicyclic) bond motifs is 2. The van der Waals surface area contributed by atoms with Crippen molar-refractivity contribution in [1.29, 1.82) is 0 Å². The molecule has 5 aromatic carbocycles. The predicted molar refractivity (Wildman–Crippen MR) is 162 cm³/mol. The quantitative estimate of drug-likeness (QED) is 0.154. The molecule has 0 fully saturated rings. The topological polar surface area (TPSA) is 0 Å². The summed E-state index contributed by atoms with van der Waals surface area (Å²) in [5.74, 6) is 0. The molecule has 0 unspecified atom stereocenters. The largest absolute Gasteiger partial charge is 0.0572 e. The highest BCUT2D eigenvalue weighted by molar-refractivity contribution is 6.34. The first-order valence-electron chi connectivity index (χ1n) is 13.6. The van der Waals surface area contributed by atoms with Crippen molar-refractivity contribution in [1.82, 2.24) is 0 Å². The van der Waals surface area contributed by atoms with Gasteiger partial charge < -0.3 is 0 Å². The van der Waals surface area contributed by atoms with Gasteiger partial charge in [0.2, 0.25) is 0 Å². The van der Waals surface area contributed by atoms with Gasteiger partial charge >= 0.3 is 0 Å². The van der Waals surface area contributed by atoms with Gasteiger partial charge in [0.05, 0.1) is 0 Å². The van der Waals surface area contributed by atoms with Crippen LogP contribution in [0.4, 0.5) is 0 Å². The summed E-state index contributed by atoms with van der Waals surface area (Å²) in [6.07, 6.45) is 0. The summed E-state index contributed by atoms with van der Waals surface area (Å²) < 4.78 is 0. The first kappa shape index (κ1) is 25.1. The van der Waals surface area contributed by atoms with E-state index in [1.807, 2.05) is 0 Å². The van der Waals surface area contributed by atoms with Gasteiger partial charge in [0, 0.05) is 0 Å². The normalized spacial score (nSPS) is 14.1. The van der Waals surface area contributed by atoms with E-state index in [-0.39, 0.29) is 21.7 Å². The van der Waals surface area contributed by atoms with Crippen molar-refractivity contribution in [3.05, 3.63) is 70.8 Å². The highest BCUT2D eigenvalue weighted by Gasteiger charge is 2.27. The Morgan fingerprint density at radius 1 is 0.361 bits per heavy atom. The van der Waals surface area contributed by atoms with Crippen LogP contribution in [0, 0.1) is 0 Å². The van der Waals surface area contributed by atoms with Gasteiger partial charge in [0.15, 0.2) is 0 Å². The van der Waals surface area contributed by atoms with Crippen LogP contribution in [0.5, 0.6) is 0 Å². The van der Waals surface area contributed by atoms with E-state index in [4.69, 9.17) is 0 Å². The second-order valence-corrected chi connectivity index (χ2v) is 15.3. The van der Waals surface area contributed by atoms with Gasteiger partial charge in [0.1, 0.15) is 0 Å². The Morgan fingerprint density at radius 3 is 1.22 bits per heavy atom. The Labute approximate surface area is 218 Å². The fraction of sp³-hybridized carbons (Fsp3) is 0.444. The van der Waals surface area contributed by atoms with Crippen LogP contribution in [-0.2, 0) is 21.7 Å². The Hall–Kier alpha value is -2.60. The van der Waals surface area contributed by atoms with E-state index in [1.165, 1.54) is 65.3 Å². The van der Waals surface area contributed by atoms with E-state index in [2.05, 4.69) is 132 Å². The molecule has 0 spiro atoms. The van der Waals surface area contributed by atoms with Crippen molar-refractivity contribution in [2.75, 3.05) is 0 Å². The van der Waals surface area contributed by atoms with Crippen LogP contribution in [-0.4, -0.2) is 0 Å². The summed E-state index contributed by atoms with van der Waals surface area (Å²) in [7, 11) is 0. The molecule has 0 amide bonds. The Morgan fingerprint density at radius 2 is 0.778 bits per heavy atom. The van der Waals surface area contributed by atoms with Crippen molar-refractivity contribution in [3.8, 4) is 0 Å². The van der Waals surface area contributed by atoms with E-state index >= 15 is 0 Å². The third-order valence-corrected chi connectivity index (χ3v) is 8.13. The van der Waals surface area contributed by atoms with Crippen LogP contribution in [0.25, 0.3) is 43.1 Å². The lowest BCUT2D eigenvalue weighted by molar-refractivity contribution is 0.589. The van der Waals surface area contributed by atoms with Gasteiger partial charge in [-0.15, -0.1) is 0 Å². The van der Waals surface area contributed by atoms with Gasteiger partial charge in [-0.25, -0.2) is 0 Å². The van der Waals surface area contributed by atoms with Crippen molar-refractivity contribution in [3.63, 3.8) is 0 Å². The van der Waals surface area contributed by atoms with Gasteiger partial charge in [-0.3, -0.25) is 0 Å². The Kier molecular flexibility index (Phi) is 5.20. The first-order valence-corrected chi connectivity index (χ1v) is 13.6. The zero-order chi connectivity index (χ0) is 26.6. The average molecular weight is 477 g/mol. The number of rotatable bonds is 0. The Bertz CT molecular complexity index is 1630. The average Bonchev–Trinajstić information content (AvgIpc) is 2.73. The lowest BCUT2D eigenvalue weighted by Crippen LogP contribution is -2.15. The van der Waals surface area contributed by atoms with Crippen molar-refractivity contribution >= 4 is 43.1 Å². The summed E-state index contributed by atoms with van der Waals surface area (Å²) in [4.78, 5) is 0. The SMILES string of the molecule is CC(C)(C)c1cc2cc(C(C)(C)C)cc3c4c(C(C)(C)C)ccc5cc(C(C)(C)C)cc(c(c1)c23)c54. The minimum atomic E-state index is 0.0520. The van der Waals surface area contributed by atoms with E-state index in [0.717, 1.165) is 0 Å². The molecule has 0 radical (unpaired) electrons. The third-order valence-electron chi connectivity index (χ3n) is 8.13. The van der Waals surface area contributed by atoms with E-state index < -0.39 is 0 Å². The Balaban J connectivity index is 2.18. The van der Waals surface area contributed by atoms with Crippen LogP contribution in [0.3, 0.4) is 0 Å². The minimum absolute atomic E-state index is 0.0520. The van der Waals surface area contributed by atoms with Crippen LogP contribution < -0.4 is 0 Å². The van der Waals surface area contributed by atoms with Crippen molar-refractivity contribution in [2.45, 2.75) is 105 Å². The molecule has 0 heterocycles. The molecule has 188 valence electrons. The van der Waals surface area contributed by atoms with Crippen molar-refractivity contribution < 1.29 is 0 Å². The zero-order valence-corrected chi connectivity index (χ0v) is 24.6. The summed E-state index contributed by atoms with van der Waals surface area (Å²) in [6.45, 7) is 28.1. The molecule has 0 N–H and O–H groups in total. The molecule has 36 heavy (non-hydrogen) atoms. The standard InChI is InChI=1S/C36H44/c1-33(2,3)23-15-21-13-14-29(36(10,11)12)32-28-20-25(35(7,8)9)17-22-16-24(34(4,5)6)18-26(30(22)28)27(19-23)31(21)32/h13-20H,1-12H3. The molecule has 0 saturated heterocycles. The lowest BCUT2D eigenvalue weighted by atomic mass is 9.75. The molecule has 0 bridgehead atoms. The molecular weight excluding hydrogens is 432 g/mol. The summed E-state index contributed by atoms with van der Waals surface area (Å²) in [6, 6.07) is 19.7. The molecule has 0 aliphatic rings. The fourth-order valence-corrected chi connectivity index (χ4v) is 5.81. The molecule has 0 aliphatic carbocycles. The fourth-order valence-electron chi connectivity index (χ4n) is 5.81. The first-order chi connectivity index (χ1) is 16.4. The lowest BCUT2D eigenvalue weighted by Gasteiger charge is -2.29. The maximum absolute atomic E-state index is 2.51. The molecule has 0 saturated carbocycles. The van der Waals surface area contributed by atoms with Gasteiger partial charge in [-0.2, -0.15) is 0 Å². The molecule has 5 aromatic rings. The highest BCUT2D eigenvalue weighted by Crippen LogP contribution is 2.47. The second-order valence-electron chi connectivity index (χ2n) is 15.3. The third kappa shape index (κ3) is 3.89. The maximum Gasteiger partial charge on any atom is -0.00232 e. The maximum atomic E-state index is 2.51. The predicted octanol–water partition coefficient (Wildman–Crippen LogP) is 10.9. The van der Waals surface area contributed by atoms with E-state index in [9.17, 15) is 0 Å². The highest BCUT2D eigenvalue weighted by atomic mass is 14.3. The van der Waals surface area contributed by atoms with Gasteiger partial charge in [-0.05, 0) is 105 Å². The van der Waals surface area contributed by atoms with E-state index in [1.54, 1.807) is 0 Å². The molecule has 0 aliphatic heterocycles. The number of hydrogen-bond donors (Lipinski definition) is 0. The van der Waals surface area contributed by atoms with Crippen LogP contribution in [0.15, 0.2) is 48.5 Å². The van der Waals surface area contributed by atoms with Crippen LogP contribution in [0.2, 0.25) is 0 Å². The smallest absolute Gasteiger partial charge is 0.00232 e. The number of hydrogen-bond acceptors (Lipinski definition) is 0. The molecule has 0 nitrogen and oxygen atoms in total.